The van der Waals surface area contributed by atoms with Gasteiger partial charge in [0.25, 0.3) is 0 Å². The lowest BCUT2D eigenvalue weighted by atomic mass is 10.2. The number of nitrogens with zero attached hydrogens (tertiary/aromatic N) is 1. The summed E-state index contributed by atoms with van der Waals surface area (Å²) in [5.74, 6) is 0.116. The molecule has 3 rings (SSSR count). The van der Waals surface area contributed by atoms with Gasteiger partial charge in [-0.2, -0.15) is 0 Å². The number of thiophene rings is 2. The Balaban J connectivity index is 1.42. The van der Waals surface area contributed by atoms with E-state index in [-0.39, 0.29) is 5.91 Å². The molecule has 7 heteroatoms. The Morgan fingerprint density at radius 3 is 2.75 bits per heavy atom. The van der Waals surface area contributed by atoms with Gasteiger partial charge in [-0.1, -0.05) is 0 Å². The third-order valence-corrected chi connectivity index (χ3v) is 7.01. The van der Waals surface area contributed by atoms with Gasteiger partial charge in [0.1, 0.15) is 0 Å². The quantitative estimate of drug-likeness (QED) is 0.515. The number of thiazole rings is 1. The van der Waals surface area contributed by atoms with Crippen molar-refractivity contribution in [3.8, 4) is 10.6 Å². The predicted molar refractivity (Wildman–Crippen MR) is 107 cm³/mol. The highest BCUT2D eigenvalue weighted by atomic mass is 79.9. The molecule has 24 heavy (non-hydrogen) atoms. The molecule has 1 amide bonds. The first kappa shape index (κ1) is 17.8. The Morgan fingerprint density at radius 1 is 1.21 bits per heavy atom. The molecule has 0 unspecified atom stereocenters. The Kier molecular flexibility index (Phi) is 6.21. The molecule has 1 N–H and O–H groups in total. The standard InChI is InChI=1S/C17H17BrN2OS3/c1-11-20-14(10-22-11)15-7-5-13(23-15)9-19-17(21)4-2-3-12-6-8-16(18)24-12/h5-8,10H,2-4,9H2,1H3,(H,19,21). The van der Waals surface area contributed by atoms with Crippen LogP contribution in [0.2, 0.25) is 0 Å². The van der Waals surface area contributed by atoms with Crippen LogP contribution in [0, 0.1) is 6.92 Å². The largest absolute Gasteiger partial charge is 0.351 e. The van der Waals surface area contributed by atoms with Gasteiger partial charge in [0.15, 0.2) is 0 Å². The molecule has 0 radical (unpaired) electrons. The minimum absolute atomic E-state index is 0.116. The first-order valence-corrected chi connectivity index (χ1v) is 10.9. The van der Waals surface area contributed by atoms with Crippen LogP contribution in [0.25, 0.3) is 10.6 Å². The van der Waals surface area contributed by atoms with Gasteiger partial charge in [-0.3, -0.25) is 4.79 Å². The normalized spacial score (nSPS) is 10.9. The maximum Gasteiger partial charge on any atom is 0.220 e. The molecule has 3 nitrogen and oxygen atoms in total. The SMILES string of the molecule is Cc1nc(-c2ccc(CNC(=O)CCCc3ccc(Br)s3)s2)cs1. The highest BCUT2D eigenvalue weighted by Crippen LogP contribution is 2.29. The van der Waals surface area contributed by atoms with E-state index in [1.54, 1.807) is 34.0 Å². The van der Waals surface area contributed by atoms with Crippen LogP contribution < -0.4 is 5.32 Å². The zero-order valence-electron chi connectivity index (χ0n) is 13.2. The van der Waals surface area contributed by atoms with Crippen molar-refractivity contribution in [3.63, 3.8) is 0 Å². The van der Waals surface area contributed by atoms with E-state index in [9.17, 15) is 4.79 Å². The van der Waals surface area contributed by atoms with Crippen LogP contribution in [0.3, 0.4) is 0 Å². The number of rotatable bonds is 7. The van der Waals surface area contributed by atoms with E-state index in [4.69, 9.17) is 0 Å². The monoisotopic (exact) mass is 440 g/mol. The van der Waals surface area contributed by atoms with Gasteiger partial charge in [0, 0.05) is 21.6 Å². The third-order valence-electron chi connectivity index (χ3n) is 3.45. The first-order chi connectivity index (χ1) is 11.6. The molecule has 3 aromatic heterocycles. The molecular weight excluding hydrogens is 424 g/mol. The lowest BCUT2D eigenvalue weighted by Gasteiger charge is -2.03. The summed E-state index contributed by atoms with van der Waals surface area (Å²) in [5, 5.41) is 6.16. The molecule has 0 aliphatic heterocycles. The fourth-order valence-corrected chi connectivity index (χ4v) is 5.39. The zero-order chi connectivity index (χ0) is 16.9. The molecule has 0 saturated heterocycles. The first-order valence-electron chi connectivity index (χ1n) is 7.62. The van der Waals surface area contributed by atoms with Gasteiger partial charge in [0.05, 0.1) is 25.9 Å². The molecule has 3 heterocycles. The van der Waals surface area contributed by atoms with Crippen LogP contribution in [0.4, 0.5) is 0 Å². The number of carbonyl (C=O) groups excluding carboxylic acids is 1. The molecule has 0 fully saturated rings. The Labute approximate surface area is 161 Å². The van der Waals surface area contributed by atoms with Crippen LogP contribution in [0.1, 0.15) is 27.6 Å². The molecule has 0 aliphatic carbocycles. The molecule has 126 valence electrons. The average Bonchev–Trinajstić information content (AvgIpc) is 3.26. The van der Waals surface area contributed by atoms with Crippen molar-refractivity contribution in [1.29, 1.82) is 0 Å². The Hall–Kier alpha value is -1.02. The number of aryl methyl sites for hydroxylation is 2. The second kappa shape index (κ2) is 8.38. The number of nitrogens with one attached hydrogen (secondary N) is 1. The molecule has 0 aromatic carbocycles. The summed E-state index contributed by atoms with van der Waals surface area (Å²) in [6.07, 6.45) is 2.40. The fraction of sp³-hybridized carbons (Fsp3) is 0.294. The summed E-state index contributed by atoms with van der Waals surface area (Å²) in [6, 6.07) is 8.31. The van der Waals surface area contributed by atoms with Gasteiger partial charge < -0.3 is 5.32 Å². The summed E-state index contributed by atoms with van der Waals surface area (Å²) in [6.45, 7) is 2.61. The van der Waals surface area contributed by atoms with Crippen LogP contribution in [-0.4, -0.2) is 10.9 Å². The minimum atomic E-state index is 0.116. The smallest absolute Gasteiger partial charge is 0.220 e. The van der Waals surface area contributed by atoms with Crippen LogP contribution in [0.5, 0.6) is 0 Å². The number of hydrogen-bond donors (Lipinski definition) is 1. The molecular formula is C17H17BrN2OS3. The van der Waals surface area contributed by atoms with E-state index in [0.717, 1.165) is 37.1 Å². The number of hydrogen-bond acceptors (Lipinski definition) is 5. The lowest BCUT2D eigenvalue weighted by Crippen LogP contribution is -2.21. The van der Waals surface area contributed by atoms with Crippen molar-refractivity contribution in [1.82, 2.24) is 10.3 Å². The molecule has 0 spiro atoms. The van der Waals surface area contributed by atoms with E-state index >= 15 is 0 Å². The summed E-state index contributed by atoms with van der Waals surface area (Å²) < 4.78 is 1.14. The predicted octanol–water partition coefficient (Wildman–Crippen LogP) is 5.64. The third kappa shape index (κ3) is 4.99. The highest BCUT2D eigenvalue weighted by Gasteiger charge is 2.08. The van der Waals surface area contributed by atoms with Crippen LogP contribution in [-0.2, 0) is 17.8 Å². The number of carbonyl (C=O) groups is 1. The fourth-order valence-electron chi connectivity index (χ4n) is 2.27. The molecule has 0 saturated carbocycles. The summed E-state index contributed by atoms with van der Waals surface area (Å²) in [5.41, 5.74) is 1.03. The van der Waals surface area contributed by atoms with Crippen molar-refractivity contribution in [2.24, 2.45) is 0 Å². The molecule has 3 aromatic rings. The van der Waals surface area contributed by atoms with E-state index in [1.165, 1.54) is 4.88 Å². The van der Waals surface area contributed by atoms with Gasteiger partial charge in [-0.15, -0.1) is 34.0 Å². The van der Waals surface area contributed by atoms with Gasteiger partial charge in [-0.25, -0.2) is 4.98 Å². The van der Waals surface area contributed by atoms with Crippen molar-refractivity contribution in [2.45, 2.75) is 32.7 Å². The zero-order valence-corrected chi connectivity index (χ0v) is 17.2. The van der Waals surface area contributed by atoms with Crippen LogP contribution >= 0.6 is 49.9 Å². The number of aromatic nitrogens is 1. The molecule has 0 bridgehead atoms. The van der Waals surface area contributed by atoms with Gasteiger partial charge >= 0.3 is 0 Å². The van der Waals surface area contributed by atoms with Gasteiger partial charge in [-0.05, 0) is 60.0 Å². The van der Waals surface area contributed by atoms with E-state index < -0.39 is 0 Å². The highest BCUT2D eigenvalue weighted by molar-refractivity contribution is 9.11. The second-order valence-electron chi connectivity index (χ2n) is 5.35. The lowest BCUT2D eigenvalue weighted by molar-refractivity contribution is -0.121. The van der Waals surface area contributed by atoms with Gasteiger partial charge in [0.2, 0.25) is 5.91 Å². The van der Waals surface area contributed by atoms with Crippen molar-refractivity contribution >= 4 is 55.8 Å². The Bertz CT molecular complexity index is 821. The summed E-state index contributed by atoms with van der Waals surface area (Å²) >= 11 is 8.54. The maximum absolute atomic E-state index is 12.0. The Morgan fingerprint density at radius 2 is 2.04 bits per heavy atom. The number of halogens is 1. The van der Waals surface area contributed by atoms with E-state index in [1.807, 2.05) is 6.92 Å². The van der Waals surface area contributed by atoms with Crippen molar-refractivity contribution in [3.05, 3.63) is 48.2 Å². The minimum Gasteiger partial charge on any atom is -0.351 e. The average molecular weight is 441 g/mol. The molecule has 0 aliphatic rings. The van der Waals surface area contributed by atoms with Crippen molar-refractivity contribution < 1.29 is 4.79 Å². The second-order valence-corrected chi connectivity index (χ2v) is 10.1. The number of amides is 1. The summed E-state index contributed by atoms with van der Waals surface area (Å²) in [4.78, 5) is 20.1. The van der Waals surface area contributed by atoms with E-state index in [0.29, 0.717) is 13.0 Å². The van der Waals surface area contributed by atoms with Crippen molar-refractivity contribution in [2.75, 3.05) is 0 Å². The van der Waals surface area contributed by atoms with E-state index in [2.05, 4.69) is 55.9 Å². The molecule has 0 atom stereocenters. The summed E-state index contributed by atoms with van der Waals surface area (Å²) in [7, 11) is 0. The van der Waals surface area contributed by atoms with Crippen LogP contribution in [0.15, 0.2) is 33.4 Å². The topological polar surface area (TPSA) is 42.0 Å². The maximum atomic E-state index is 12.0.